The average molecular weight is 307 g/mol. The van der Waals surface area contributed by atoms with E-state index in [4.69, 9.17) is 11.6 Å². The maximum Gasteiger partial charge on any atom is 0.0931 e. The topological polar surface area (TPSA) is 20.2 Å². The van der Waals surface area contributed by atoms with Gasteiger partial charge < -0.3 is 5.11 Å². The quantitative estimate of drug-likeness (QED) is 0.869. The van der Waals surface area contributed by atoms with Gasteiger partial charge in [0.05, 0.1) is 9.94 Å². The maximum absolute atomic E-state index is 10.8. The van der Waals surface area contributed by atoms with Gasteiger partial charge in [-0.25, -0.2) is 0 Å². The molecule has 0 saturated heterocycles. The molecule has 1 aromatic heterocycles. The second-order valence-electron chi connectivity index (χ2n) is 5.85. The molecule has 0 saturated carbocycles. The normalized spacial score (nSPS) is 17.6. The average Bonchev–Trinajstić information content (AvgIpc) is 2.83. The van der Waals surface area contributed by atoms with E-state index in [2.05, 4.69) is 18.2 Å². The number of benzene rings is 1. The van der Waals surface area contributed by atoms with Crippen LogP contribution in [0.25, 0.3) is 0 Å². The summed E-state index contributed by atoms with van der Waals surface area (Å²) in [5.41, 5.74) is 3.05. The first-order valence-corrected chi connectivity index (χ1v) is 8.33. The molecule has 106 valence electrons. The van der Waals surface area contributed by atoms with Crippen molar-refractivity contribution in [2.75, 3.05) is 0 Å². The zero-order valence-electron chi connectivity index (χ0n) is 11.7. The summed E-state index contributed by atoms with van der Waals surface area (Å²) in [6.07, 6.45) is 5.49. The number of fused-ring (bicyclic) bond motifs is 1. The number of hydrogen-bond acceptors (Lipinski definition) is 2. The molecule has 0 fully saturated rings. The van der Waals surface area contributed by atoms with Gasteiger partial charge in [-0.3, -0.25) is 0 Å². The number of halogens is 1. The molecule has 2 aromatic rings. The molecular weight excluding hydrogens is 288 g/mol. The van der Waals surface area contributed by atoms with Gasteiger partial charge in [-0.2, -0.15) is 0 Å². The predicted molar refractivity (Wildman–Crippen MR) is 85.7 cm³/mol. The largest absolute Gasteiger partial charge is 0.385 e. The lowest BCUT2D eigenvalue weighted by Gasteiger charge is -2.26. The highest BCUT2D eigenvalue weighted by Crippen LogP contribution is 2.32. The third kappa shape index (κ3) is 2.93. The molecule has 1 aliphatic rings. The van der Waals surface area contributed by atoms with Crippen LogP contribution in [0.4, 0.5) is 0 Å². The SMILES string of the molecule is CC(O)(Cc1ccc(Cl)s1)c1ccc2c(c1)CCCC2. The van der Waals surface area contributed by atoms with E-state index in [1.54, 1.807) is 11.3 Å². The molecule has 1 atom stereocenters. The van der Waals surface area contributed by atoms with Crippen LogP contribution in [-0.2, 0) is 24.9 Å². The Morgan fingerprint density at radius 3 is 2.60 bits per heavy atom. The van der Waals surface area contributed by atoms with Crippen LogP contribution in [-0.4, -0.2) is 5.11 Å². The Morgan fingerprint density at radius 1 is 1.15 bits per heavy atom. The highest BCUT2D eigenvalue weighted by Gasteiger charge is 2.25. The Bertz CT molecular complexity index is 615. The summed E-state index contributed by atoms with van der Waals surface area (Å²) in [6.45, 7) is 1.89. The lowest BCUT2D eigenvalue weighted by molar-refractivity contribution is 0.0583. The minimum Gasteiger partial charge on any atom is -0.385 e. The van der Waals surface area contributed by atoms with Crippen LogP contribution in [0.5, 0.6) is 0 Å². The standard InChI is InChI=1S/C17H19ClOS/c1-17(19,11-15-8-9-16(18)20-15)14-7-6-12-4-2-3-5-13(12)10-14/h6-10,19H,2-5,11H2,1H3. The van der Waals surface area contributed by atoms with Crippen LogP contribution in [0.15, 0.2) is 30.3 Å². The molecule has 1 nitrogen and oxygen atoms in total. The molecule has 0 bridgehead atoms. The fraction of sp³-hybridized carbons (Fsp3) is 0.412. The molecule has 20 heavy (non-hydrogen) atoms. The third-order valence-corrected chi connectivity index (χ3v) is 5.35. The van der Waals surface area contributed by atoms with Crippen molar-refractivity contribution in [2.24, 2.45) is 0 Å². The lowest BCUT2D eigenvalue weighted by atomic mass is 9.85. The molecule has 1 aromatic carbocycles. The smallest absolute Gasteiger partial charge is 0.0931 e. The first-order chi connectivity index (χ1) is 9.54. The highest BCUT2D eigenvalue weighted by atomic mass is 35.5. The molecule has 0 radical (unpaired) electrons. The maximum atomic E-state index is 10.8. The number of aryl methyl sites for hydroxylation is 2. The summed E-state index contributed by atoms with van der Waals surface area (Å²) in [6, 6.07) is 10.4. The van der Waals surface area contributed by atoms with Crippen LogP contribution in [0, 0.1) is 0 Å². The minimum atomic E-state index is -0.833. The molecule has 1 unspecified atom stereocenters. The summed E-state index contributed by atoms with van der Waals surface area (Å²) < 4.78 is 0.779. The molecule has 3 heteroatoms. The molecule has 1 heterocycles. The lowest BCUT2D eigenvalue weighted by Crippen LogP contribution is -2.24. The van der Waals surface area contributed by atoms with Gasteiger partial charge in [0.2, 0.25) is 0 Å². The van der Waals surface area contributed by atoms with E-state index in [9.17, 15) is 5.11 Å². The monoisotopic (exact) mass is 306 g/mol. The van der Waals surface area contributed by atoms with Gasteiger partial charge in [0, 0.05) is 11.3 Å². The van der Waals surface area contributed by atoms with Crippen LogP contribution in [0.2, 0.25) is 4.34 Å². The second kappa shape index (κ2) is 5.51. The molecule has 0 amide bonds. The van der Waals surface area contributed by atoms with Gasteiger partial charge in [-0.05, 0) is 61.4 Å². The van der Waals surface area contributed by atoms with Crippen molar-refractivity contribution in [2.45, 2.75) is 44.6 Å². The number of thiophene rings is 1. The van der Waals surface area contributed by atoms with Crippen molar-refractivity contribution in [1.29, 1.82) is 0 Å². The van der Waals surface area contributed by atoms with Crippen LogP contribution < -0.4 is 0 Å². The highest BCUT2D eigenvalue weighted by molar-refractivity contribution is 7.16. The first-order valence-electron chi connectivity index (χ1n) is 7.13. The van der Waals surface area contributed by atoms with E-state index < -0.39 is 5.60 Å². The Balaban J connectivity index is 1.86. The van der Waals surface area contributed by atoms with Gasteiger partial charge in [-0.1, -0.05) is 29.8 Å². The van der Waals surface area contributed by atoms with Crippen molar-refractivity contribution in [3.05, 3.63) is 56.2 Å². The van der Waals surface area contributed by atoms with E-state index in [0.29, 0.717) is 6.42 Å². The number of rotatable bonds is 3. The molecular formula is C17H19ClOS. The number of hydrogen-bond donors (Lipinski definition) is 1. The van der Waals surface area contributed by atoms with E-state index in [1.807, 2.05) is 19.1 Å². The summed E-state index contributed by atoms with van der Waals surface area (Å²) in [7, 11) is 0. The Hall–Kier alpha value is -0.830. The molecule has 0 aliphatic heterocycles. The first kappa shape index (κ1) is 14.1. The van der Waals surface area contributed by atoms with Crippen molar-refractivity contribution < 1.29 is 5.11 Å². The Morgan fingerprint density at radius 2 is 1.90 bits per heavy atom. The van der Waals surface area contributed by atoms with Gasteiger partial charge >= 0.3 is 0 Å². The fourth-order valence-electron chi connectivity index (χ4n) is 2.96. The molecule has 1 aliphatic carbocycles. The summed E-state index contributed by atoms with van der Waals surface area (Å²) in [4.78, 5) is 1.12. The summed E-state index contributed by atoms with van der Waals surface area (Å²) in [5.74, 6) is 0. The van der Waals surface area contributed by atoms with E-state index in [1.165, 1.54) is 30.4 Å². The molecule has 0 spiro atoms. The minimum absolute atomic E-state index is 0.614. The second-order valence-corrected chi connectivity index (χ2v) is 7.65. The predicted octanol–water partition coefficient (Wildman–Crippen LogP) is 4.73. The van der Waals surface area contributed by atoms with E-state index >= 15 is 0 Å². The zero-order valence-corrected chi connectivity index (χ0v) is 13.2. The van der Waals surface area contributed by atoms with E-state index in [-0.39, 0.29) is 0 Å². The van der Waals surface area contributed by atoms with Gasteiger partial charge in [0.25, 0.3) is 0 Å². The summed E-state index contributed by atoms with van der Waals surface area (Å²) in [5, 5.41) is 10.8. The summed E-state index contributed by atoms with van der Waals surface area (Å²) >= 11 is 7.51. The zero-order chi connectivity index (χ0) is 14.2. The number of aliphatic hydroxyl groups is 1. The van der Waals surface area contributed by atoms with Crippen molar-refractivity contribution in [3.8, 4) is 0 Å². The van der Waals surface area contributed by atoms with Gasteiger partial charge in [0.1, 0.15) is 0 Å². The van der Waals surface area contributed by atoms with Crippen molar-refractivity contribution in [1.82, 2.24) is 0 Å². The van der Waals surface area contributed by atoms with E-state index in [0.717, 1.165) is 21.2 Å². The van der Waals surface area contributed by atoms with Crippen LogP contribution >= 0.6 is 22.9 Å². The van der Waals surface area contributed by atoms with Crippen molar-refractivity contribution in [3.63, 3.8) is 0 Å². The van der Waals surface area contributed by atoms with Crippen LogP contribution in [0.1, 0.15) is 41.3 Å². The fourth-order valence-corrected chi connectivity index (χ4v) is 4.19. The Labute approximate surface area is 129 Å². The van der Waals surface area contributed by atoms with Gasteiger partial charge in [0.15, 0.2) is 0 Å². The van der Waals surface area contributed by atoms with Gasteiger partial charge in [-0.15, -0.1) is 11.3 Å². The van der Waals surface area contributed by atoms with Crippen molar-refractivity contribution >= 4 is 22.9 Å². The van der Waals surface area contributed by atoms with Crippen LogP contribution in [0.3, 0.4) is 0 Å². The molecule has 3 rings (SSSR count). The Kier molecular flexibility index (Phi) is 3.89. The molecule has 1 N–H and O–H groups in total. The third-order valence-electron chi connectivity index (χ3n) is 4.12.